The predicted octanol–water partition coefficient (Wildman–Crippen LogP) is 4.35. The molecule has 0 amide bonds. The maximum Gasteiger partial charge on any atom is 0.123 e. The van der Waals surface area contributed by atoms with Gasteiger partial charge in [0.25, 0.3) is 0 Å². The molecule has 0 saturated carbocycles. The number of aryl methyl sites for hydroxylation is 1. The van der Waals surface area contributed by atoms with E-state index in [0.717, 1.165) is 46.4 Å². The molecular formula is C18H21BrO3. The predicted molar refractivity (Wildman–Crippen MR) is 91.5 cm³/mol. The Hall–Kier alpha value is -1.52. The maximum atomic E-state index is 8.91. The molecule has 0 radical (unpaired) electrons. The first-order valence-electron chi connectivity index (χ1n) is 7.38. The lowest BCUT2D eigenvalue weighted by Crippen LogP contribution is -1.99. The van der Waals surface area contributed by atoms with Crippen molar-refractivity contribution in [3.63, 3.8) is 0 Å². The van der Waals surface area contributed by atoms with Gasteiger partial charge in [0.2, 0.25) is 0 Å². The van der Waals surface area contributed by atoms with E-state index in [1.54, 1.807) is 7.11 Å². The third-order valence-electron chi connectivity index (χ3n) is 3.43. The number of benzene rings is 2. The lowest BCUT2D eigenvalue weighted by atomic mass is 10.1. The zero-order valence-electron chi connectivity index (χ0n) is 12.7. The average molecular weight is 365 g/mol. The summed E-state index contributed by atoms with van der Waals surface area (Å²) in [6.45, 7) is 0.759. The number of hydrogen-bond donors (Lipinski definition) is 1. The van der Waals surface area contributed by atoms with Crippen molar-refractivity contribution >= 4 is 15.9 Å². The van der Waals surface area contributed by atoms with Crippen LogP contribution in [-0.2, 0) is 13.0 Å². The van der Waals surface area contributed by atoms with Crippen molar-refractivity contribution in [3.8, 4) is 11.5 Å². The highest BCUT2D eigenvalue weighted by Crippen LogP contribution is 2.26. The van der Waals surface area contributed by atoms with Gasteiger partial charge >= 0.3 is 0 Å². The summed E-state index contributed by atoms with van der Waals surface area (Å²) in [6, 6.07) is 13.9. The smallest absolute Gasteiger partial charge is 0.123 e. The molecule has 1 N–H and O–H groups in total. The molecule has 0 aromatic heterocycles. The molecule has 22 heavy (non-hydrogen) atoms. The quantitative estimate of drug-likeness (QED) is 0.707. The highest BCUT2D eigenvalue weighted by molar-refractivity contribution is 9.10. The van der Waals surface area contributed by atoms with E-state index in [9.17, 15) is 0 Å². The van der Waals surface area contributed by atoms with Crippen LogP contribution in [0.15, 0.2) is 46.9 Å². The molecule has 0 aliphatic rings. The molecule has 0 spiro atoms. The topological polar surface area (TPSA) is 38.7 Å². The molecule has 2 rings (SSSR count). The highest BCUT2D eigenvalue weighted by Gasteiger charge is 2.05. The second-order valence-corrected chi connectivity index (χ2v) is 5.99. The van der Waals surface area contributed by atoms with E-state index in [0.29, 0.717) is 6.61 Å². The van der Waals surface area contributed by atoms with Gasteiger partial charge in [-0.2, -0.15) is 0 Å². The number of methoxy groups -OCH3 is 1. The molecule has 0 heterocycles. The SMILES string of the molecule is COc1ccc(COc2ccc(Br)cc2CCCCO)cc1. The Balaban J connectivity index is 2.01. The number of unbranched alkanes of at least 4 members (excludes halogenated alkanes) is 1. The number of hydrogen-bond acceptors (Lipinski definition) is 3. The Morgan fingerprint density at radius 3 is 2.50 bits per heavy atom. The minimum Gasteiger partial charge on any atom is -0.497 e. The van der Waals surface area contributed by atoms with Crippen molar-refractivity contribution in [1.82, 2.24) is 0 Å². The van der Waals surface area contributed by atoms with Gasteiger partial charge in [0.05, 0.1) is 7.11 Å². The van der Waals surface area contributed by atoms with Crippen LogP contribution in [0.5, 0.6) is 11.5 Å². The Bertz CT molecular complexity index is 581. The molecule has 0 bridgehead atoms. The van der Waals surface area contributed by atoms with E-state index in [-0.39, 0.29) is 6.61 Å². The number of aliphatic hydroxyl groups excluding tert-OH is 1. The Kier molecular flexibility index (Phi) is 6.74. The van der Waals surface area contributed by atoms with Crippen LogP contribution in [0.2, 0.25) is 0 Å². The molecule has 0 unspecified atom stereocenters. The van der Waals surface area contributed by atoms with Gasteiger partial charge in [-0.1, -0.05) is 28.1 Å². The van der Waals surface area contributed by atoms with Gasteiger partial charge in [0.15, 0.2) is 0 Å². The summed E-state index contributed by atoms with van der Waals surface area (Å²) in [6.07, 6.45) is 2.66. The number of ether oxygens (including phenoxy) is 2. The molecule has 2 aromatic rings. The molecule has 0 aliphatic heterocycles. The summed E-state index contributed by atoms with van der Waals surface area (Å²) in [5, 5.41) is 8.91. The summed E-state index contributed by atoms with van der Waals surface area (Å²) < 4.78 is 12.2. The van der Waals surface area contributed by atoms with Gasteiger partial charge in [0, 0.05) is 11.1 Å². The van der Waals surface area contributed by atoms with Crippen molar-refractivity contribution in [3.05, 3.63) is 58.1 Å². The Morgan fingerprint density at radius 2 is 1.82 bits per heavy atom. The third kappa shape index (κ3) is 5.04. The monoisotopic (exact) mass is 364 g/mol. The van der Waals surface area contributed by atoms with Crippen molar-refractivity contribution < 1.29 is 14.6 Å². The fourth-order valence-electron chi connectivity index (χ4n) is 2.19. The molecule has 0 saturated heterocycles. The van der Waals surface area contributed by atoms with Crippen LogP contribution in [0.25, 0.3) is 0 Å². The van der Waals surface area contributed by atoms with Gasteiger partial charge in [-0.15, -0.1) is 0 Å². The lowest BCUT2D eigenvalue weighted by molar-refractivity contribution is 0.282. The molecule has 0 aliphatic carbocycles. The van der Waals surface area contributed by atoms with Crippen LogP contribution in [0.4, 0.5) is 0 Å². The van der Waals surface area contributed by atoms with Gasteiger partial charge in [-0.3, -0.25) is 0 Å². The van der Waals surface area contributed by atoms with Crippen LogP contribution in [0.3, 0.4) is 0 Å². The fourth-order valence-corrected chi connectivity index (χ4v) is 2.60. The normalized spacial score (nSPS) is 10.5. The van der Waals surface area contributed by atoms with E-state index >= 15 is 0 Å². The number of aliphatic hydroxyl groups is 1. The molecular weight excluding hydrogens is 344 g/mol. The number of rotatable bonds is 8. The van der Waals surface area contributed by atoms with E-state index in [1.165, 1.54) is 0 Å². The third-order valence-corrected chi connectivity index (χ3v) is 3.92. The largest absolute Gasteiger partial charge is 0.497 e. The highest BCUT2D eigenvalue weighted by atomic mass is 79.9. The van der Waals surface area contributed by atoms with Crippen molar-refractivity contribution in [1.29, 1.82) is 0 Å². The van der Waals surface area contributed by atoms with Crippen LogP contribution < -0.4 is 9.47 Å². The van der Waals surface area contributed by atoms with Crippen LogP contribution in [-0.4, -0.2) is 18.8 Å². The summed E-state index contributed by atoms with van der Waals surface area (Å²) >= 11 is 3.50. The summed E-state index contributed by atoms with van der Waals surface area (Å²) in [5.74, 6) is 1.74. The first-order chi connectivity index (χ1) is 10.7. The van der Waals surface area contributed by atoms with E-state index < -0.39 is 0 Å². The van der Waals surface area contributed by atoms with Crippen LogP contribution in [0, 0.1) is 0 Å². The molecule has 118 valence electrons. The zero-order chi connectivity index (χ0) is 15.8. The Morgan fingerprint density at radius 1 is 1.05 bits per heavy atom. The van der Waals surface area contributed by atoms with Gasteiger partial charge in [0.1, 0.15) is 18.1 Å². The summed E-state index contributed by atoms with van der Waals surface area (Å²) in [5.41, 5.74) is 2.27. The standard InChI is InChI=1S/C18H21BrO3/c1-21-17-8-5-14(6-9-17)13-22-18-10-7-16(19)12-15(18)4-2-3-11-20/h5-10,12,20H,2-4,11,13H2,1H3. The molecule has 3 nitrogen and oxygen atoms in total. The first kappa shape index (κ1) is 16.8. The van der Waals surface area contributed by atoms with E-state index in [1.807, 2.05) is 36.4 Å². The molecule has 0 atom stereocenters. The van der Waals surface area contributed by atoms with Crippen molar-refractivity contribution in [2.45, 2.75) is 25.9 Å². The summed E-state index contributed by atoms with van der Waals surface area (Å²) in [7, 11) is 1.66. The molecule has 2 aromatic carbocycles. The van der Waals surface area contributed by atoms with Crippen molar-refractivity contribution in [2.75, 3.05) is 13.7 Å². The number of halogens is 1. The second-order valence-electron chi connectivity index (χ2n) is 5.07. The average Bonchev–Trinajstić information content (AvgIpc) is 2.55. The summed E-state index contributed by atoms with van der Waals surface area (Å²) in [4.78, 5) is 0. The van der Waals surface area contributed by atoms with E-state index in [4.69, 9.17) is 14.6 Å². The fraction of sp³-hybridized carbons (Fsp3) is 0.333. The lowest BCUT2D eigenvalue weighted by Gasteiger charge is -2.12. The maximum absolute atomic E-state index is 8.91. The van der Waals surface area contributed by atoms with Gasteiger partial charge < -0.3 is 14.6 Å². The molecule has 0 fully saturated rings. The van der Waals surface area contributed by atoms with Crippen LogP contribution in [0.1, 0.15) is 24.0 Å². The molecule has 4 heteroatoms. The Labute approximate surface area is 140 Å². The van der Waals surface area contributed by atoms with Crippen molar-refractivity contribution in [2.24, 2.45) is 0 Å². The minimum absolute atomic E-state index is 0.232. The van der Waals surface area contributed by atoms with E-state index in [2.05, 4.69) is 22.0 Å². The van der Waals surface area contributed by atoms with Gasteiger partial charge in [-0.25, -0.2) is 0 Å². The first-order valence-corrected chi connectivity index (χ1v) is 8.17. The minimum atomic E-state index is 0.232. The zero-order valence-corrected chi connectivity index (χ0v) is 14.3. The van der Waals surface area contributed by atoms with Gasteiger partial charge in [-0.05, 0) is 60.7 Å². The van der Waals surface area contributed by atoms with Crippen LogP contribution >= 0.6 is 15.9 Å². The second kappa shape index (κ2) is 8.81.